The van der Waals surface area contributed by atoms with Crippen LogP contribution in [0.5, 0.6) is 0 Å². The van der Waals surface area contributed by atoms with Gasteiger partial charge in [0.2, 0.25) is 10.0 Å². The number of benzene rings is 1. The Labute approximate surface area is 134 Å². The summed E-state index contributed by atoms with van der Waals surface area (Å²) in [5.41, 5.74) is -0.698. The average molecular weight is 354 g/mol. The average Bonchev–Trinajstić information content (AvgIpc) is 2.24. The molecule has 1 aromatic rings. The molecule has 0 radical (unpaired) electrons. The Hall–Kier alpha value is -0.820. The van der Waals surface area contributed by atoms with Gasteiger partial charge in [0, 0.05) is 10.0 Å². The standard InChI is InChI=1S/C13H17Cl2NO4S/c1-8(12(17)20-13(2,3)4)16-21(18,19)11-6-9(14)5-10(15)7-11/h5-8,16H,1-4H3/t8-/m0/s1. The summed E-state index contributed by atoms with van der Waals surface area (Å²) in [5, 5.41) is 0.376. The van der Waals surface area contributed by atoms with Gasteiger partial charge in [0.1, 0.15) is 11.6 Å². The van der Waals surface area contributed by atoms with E-state index in [9.17, 15) is 13.2 Å². The molecular weight excluding hydrogens is 337 g/mol. The van der Waals surface area contributed by atoms with Crippen LogP contribution in [-0.4, -0.2) is 26.0 Å². The van der Waals surface area contributed by atoms with Gasteiger partial charge in [-0.2, -0.15) is 4.72 Å². The number of sulfonamides is 1. The fourth-order valence-electron chi connectivity index (χ4n) is 1.42. The van der Waals surface area contributed by atoms with Crippen molar-refractivity contribution in [3.8, 4) is 0 Å². The predicted octanol–water partition coefficient (Wildman–Crippen LogP) is 3.00. The number of hydrogen-bond acceptors (Lipinski definition) is 4. The number of hydrogen-bond donors (Lipinski definition) is 1. The molecule has 0 heterocycles. The van der Waals surface area contributed by atoms with Gasteiger partial charge in [-0.1, -0.05) is 23.2 Å². The van der Waals surface area contributed by atoms with Crippen molar-refractivity contribution >= 4 is 39.2 Å². The number of ether oxygens (including phenoxy) is 1. The van der Waals surface area contributed by atoms with Gasteiger partial charge in [0.05, 0.1) is 4.90 Å². The van der Waals surface area contributed by atoms with Crippen LogP contribution in [0.3, 0.4) is 0 Å². The van der Waals surface area contributed by atoms with Gasteiger partial charge >= 0.3 is 5.97 Å². The molecule has 1 aromatic carbocycles. The summed E-state index contributed by atoms with van der Waals surface area (Å²) in [4.78, 5) is 11.7. The van der Waals surface area contributed by atoms with Crippen molar-refractivity contribution in [3.05, 3.63) is 28.2 Å². The Morgan fingerprint density at radius 2 is 1.67 bits per heavy atom. The number of halogens is 2. The van der Waals surface area contributed by atoms with Gasteiger partial charge < -0.3 is 4.74 Å². The minimum Gasteiger partial charge on any atom is -0.459 e. The van der Waals surface area contributed by atoms with E-state index in [0.29, 0.717) is 0 Å². The molecule has 0 saturated heterocycles. The van der Waals surface area contributed by atoms with Crippen LogP contribution in [-0.2, 0) is 19.6 Å². The molecule has 0 bridgehead atoms. The summed E-state index contributed by atoms with van der Waals surface area (Å²) in [6.45, 7) is 6.49. The van der Waals surface area contributed by atoms with Gasteiger partial charge in [-0.05, 0) is 45.9 Å². The van der Waals surface area contributed by atoms with Crippen LogP contribution in [0.2, 0.25) is 10.0 Å². The molecule has 0 fully saturated rings. The molecule has 21 heavy (non-hydrogen) atoms. The van der Waals surface area contributed by atoms with E-state index in [2.05, 4.69) is 4.72 Å². The molecule has 8 heteroatoms. The van der Waals surface area contributed by atoms with E-state index in [1.807, 2.05) is 0 Å². The lowest BCUT2D eigenvalue weighted by atomic mass is 10.2. The van der Waals surface area contributed by atoms with Crippen molar-refractivity contribution in [3.63, 3.8) is 0 Å². The zero-order chi connectivity index (χ0) is 16.4. The number of carbonyl (C=O) groups excluding carboxylic acids is 1. The van der Waals surface area contributed by atoms with Crippen molar-refractivity contribution in [2.24, 2.45) is 0 Å². The summed E-state index contributed by atoms with van der Waals surface area (Å²) in [6.07, 6.45) is 0. The zero-order valence-corrected chi connectivity index (χ0v) is 14.4. The number of carbonyl (C=O) groups is 1. The second kappa shape index (κ2) is 6.52. The maximum Gasteiger partial charge on any atom is 0.324 e. The lowest BCUT2D eigenvalue weighted by Crippen LogP contribution is -2.42. The van der Waals surface area contributed by atoms with Gasteiger partial charge in [-0.15, -0.1) is 0 Å². The number of nitrogens with one attached hydrogen (secondary N) is 1. The highest BCUT2D eigenvalue weighted by molar-refractivity contribution is 7.89. The highest BCUT2D eigenvalue weighted by Crippen LogP contribution is 2.22. The Morgan fingerprint density at radius 3 is 2.10 bits per heavy atom. The van der Waals surface area contributed by atoms with E-state index in [1.165, 1.54) is 25.1 Å². The van der Waals surface area contributed by atoms with Crippen LogP contribution in [0.4, 0.5) is 0 Å². The van der Waals surface area contributed by atoms with Crippen molar-refractivity contribution in [1.29, 1.82) is 0 Å². The van der Waals surface area contributed by atoms with E-state index in [-0.39, 0.29) is 14.9 Å². The third-order valence-corrected chi connectivity index (χ3v) is 4.20. The van der Waals surface area contributed by atoms with Gasteiger partial charge in [-0.3, -0.25) is 4.79 Å². The molecule has 0 unspecified atom stereocenters. The first-order valence-electron chi connectivity index (χ1n) is 6.12. The zero-order valence-electron chi connectivity index (χ0n) is 12.1. The smallest absolute Gasteiger partial charge is 0.324 e. The predicted molar refractivity (Wildman–Crippen MR) is 82.1 cm³/mol. The highest BCUT2D eigenvalue weighted by atomic mass is 35.5. The Kier molecular flexibility index (Phi) is 5.66. The minimum absolute atomic E-state index is 0.115. The topological polar surface area (TPSA) is 72.5 Å². The van der Waals surface area contributed by atoms with E-state index in [1.54, 1.807) is 20.8 Å². The first-order chi connectivity index (χ1) is 9.40. The molecule has 0 saturated carbocycles. The molecule has 0 aromatic heterocycles. The van der Waals surface area contributed by atoms with Crippen LogP contribution >= 0.6 is 23.2 Å². The Bertz CT molecular complexity index is 618. The summed E-state index contributed by atoms with van der Waals surface area (Å²) < 4.78 is 31.7. The molecular formula is C13H17Cl2NO4S. The molecule has 0 aliphatic rings. The monoisotopic (exact) mass is 353 g/mol. The quantitative estimate of drug-likeness (QED) is 0.844. The Morgan fingerprint density at radius 1 is 1.19 bits per heavy atom. The molecule has 1 rings (SSSR count). The number of esters is 1. The van der Waals surface area contributed by atoms with Crippen LogP contribution in [0.1, 0.15) is 27.7 Å². The fraction of sp³-hybridized carbons (Fsp3) is 0.462. The molecule has 5 nitrogen and oxygen atoms in total. The largest absolute Gasteiger partial charge is 0.459 e. The maximum atomic E-state index is 12.2. The first kappa shape index (κ1) is 18.2. The second-order valence-electron chi connectivity index (χ2n) is 5.48. The van der Waals surface area contributed by atoms with Gasteiger partial charge in [0.25, 0.3) is 0 Å². The summed E-state index contributed by atoms with van der Waals surface area (Å²) in [5.74, 6) is -0.667. The number of rotatable bonds is 4. The van der Waals surface area contributed by atoms with Crippen molar-refractivity contribution in [2.75, 3.05) is 0 Å². The van der Waals surface area contributed by atoms with Crippen LogP contribution < -0.4 is 4.72 Å². The molecule has 118 valence electrons. The normalized spacial score (nSPS) is 13.8. The first-order valence-corrected chi connectivity index (χ1v) is 8.36. The van der Waals surface area contributed by atoms with E-state index >= 15 is 0 Å². The van der Waals surface area contributed by atoms with E-state index < -0.39 is 27.6 Å². The van der Waals surface area contributed by atoms with E-state index in [4.69, 9.17) is 27.9 Å². The van der Waals surface area contributed by atoms with Crippen LogP contribution in [0.25, 0.3) is 0 Å². The summed E-state index contributed by atoms with van der Waals surface area (Å²) in [7, 11) is -3.92. The summed E-state index contributed by atoms with van der Waals surface area (Å²) >= 11 is 11.5. The van der Waals surface area contributed by atoms with Crippen LogP contribution in [0, 0.1) is 0 Å². The Balaban J connectivity index is 2.92. The molecule has 0 aliphatic heterocycles. The van der Waals surface area contributed by atoms with Crippen molar-refractivity contribution in [1.82, 2.24) is 4.72 Å². The third-order valence-electron chi connectivity index (χ3n) is 2.24. The minimum atomic E-state index is -3.92. The maximum absolute atomic E-state index is 12.2. The van der Waals surface area contributed by atoms with Gasteiger partial charge in [-0.25, -0.2) is 8.42 Å². The molecule has 1 atom stereocenters. The third kappa shape index (κ3) is 5.82. The molecule has 0 amide bonds. The van der Waals surface area contributed by atoms with Crippen LogP contribution in [0.15, 0.2) is 23.1 Å². The second-order valence-corrected chi connectivity index (χ2v) is 8.07. The lowest BCUT2D eigenvalue weighted by Gasteiger charge is -2.22. The molecule has 0 spiro atoms. The molecule has 0 aliphatic carbocycles. The van der Waals surface area contributed by atoms with Crippen molar-refractivity contribution < 1.29 is 17.9 Å². The summed E-state index contributed by atoms with van der Waals surface area (Å²) in [6, 6.07) is 2.88. The SMILES string of the molecule is C[C@H](NS(=O)(=O)c1cc(Cl)cc(Cl)c1)C(=O)OC(C)(C)C. The van der Waals surface area contributed by atoms with Gasteiger partial charge in [0.15, 0.2) is 0 Å². The molecule has 1 N–H and O–H groups in total. The lowest BCUT2D eigenvalue weighted by molar-refractivity contribution is -0.156. The highest BCUT2D eigenvalue weighted by Gasteiger charge is 2.26. The van der Waals surface area contributed by atoms with E-state index in [0.717, 1.165) is 0 Å². The fourth-order valence-corrected chi connectivity index (χ4v) is 3.34. The van der Waals surface area contributed by atoms with Crippen molar-refractivity contribution in [2.45, 2.75) is 44.2 Å².